The number of nitrogens with zero attached hydrogens (tertiary/aromatic N) is 1. The molecule has 0 aliphatic rings. The highest BCUT2D eigenvalue weighted by Crippen LogP contribution is 2.18. The van der Waals surface area contributed by atoms with E-state index < -0.39 is 12.8 Å². The van der Waals surface area contributed by atoms with Crippen molar-refractivity contribution in [3.63, 3.8) is 0 Å². The van der Waals surface area contributed by atoms with Crippen molar-refractivity contribution in [1.29, 1.82) is 0 Å². The molecule has 1 amide bonds. The van der Waals surface area contributed by atoms with Gasteiger partial charge in [-0.2, -0.15) is 13.2 Å². The van der Waals surface area contributed by atoms with Gasteiger partial charge < -0.3 is 20.7 Å². The van der Waals surface area contributed by atoms with E-state index in [1.165, 1.54) is 12.1 Å². The molecule has 2 aromatic carbocycles. The first-order chi connectivity index (χ1) is 14.3. The van der Waals surface area contributed by atoms with Gasteiger partial charge in [-0.1, -0.05) is 24.3 Å². The number of hydrogen-bond donors (Lipinski definition) is 3. The molecule has 0 saturated heterocycles. The summed E-state index contributed by atoms with van der Waals surface area (Å²) in [6.45, 7) is -0.250. The fraction of sp³-hybridized carbons (Fsp3) is 0.333. The van der Waals surface area contributed by atoms with Gasteiger partial charge in [-0.25, -0.2) is 0 Å². The van der Waals surface area contributed by atoms with Gasteiger partial charge in [0.2, 0.25) is 0 Å². The van der Waals surface area contributed by atoms with Crippen LogP contribution in [0.15, 0.2) is 53.5 Å². The van der Waals surface area contributed by atoms with E-state index in [1.807, 2.05) is 18.2 Å². The smallest absolute Gasteiger partial charge is 0.422 e. The second kappa shape index (κ2) is 13.0. The topological polar surface area (TPSA) is 74.8 Å². The highest BCUT2D eigenvalue weighted by atomic mass is 127. The third-order valence-corrected chi connectivity index (χ3v) is 4.13. The summed E-state index contributed by atoms with van der Waals surface area (Å²) in [4.78, 5) is 15.8. The van der Waals surface area contributed by atoms with E-state index in [4.69, 9.17) is 4.74 Å². The number of rotatable bonds is 8. The van der Waals surface area contributed by atoms with E-state index in [9.17, 15) is 18.0 Å². The Bertz CT molecular complexity index is 858. The fourth-order valence-corrected chi connectivity index (χ4v) is 2.61. The first kappa shape index (κ1) is 26.5. The molecule has 0 aromatic heterocycles. The highest BCUT2D eigenvalue weighted by molar-refractivity contribution is 14.0. The third kappa shape index (κ3) is 9.90. The van der Waals surface area contributed by atoms with Crippen LogP contribution in [0.1, 0.15) is 21.5 Å². The van der Waals surface area contributed by atoms with Crippen LogP contribution in [0.3, 0.4) is 0 Å². The number of halogens is 4. The molecule has 0 aliphatic carbocycles. The van der Waals surface area contributed by atoms with E-state index in [0.717, 1.165) is 11.1 Å². The van der Waals surface area contributed by atoms with Crippen molar-refractivity contribution in [2.75, 3.05) is 27.2 Å². The highest BCUT2D eigenvalue weighted by Gasteiger charge is 2.28. The average molecular weight is 550 g/mol. The maximum atomic E-state index is 12.2. The Morgan fingerprint density at radius 2 is 1.77 bits per heavy atom. The molecule has 0 spiro atoms. The second-order valence-electron chi connectivity index (χ2n) is 6.43. The Morgan fingerprint density at radius 3 is 2.39 bits per heavy atom. The van der Waals surface area contributed by atoms with Gasteiger partial charge in [-0.3, -0.25) is 9.79 Å². The van der Waals surface area contributed by atoms with Crippen molar-refractivity contribution in [3.05, 3.63) is 65.2 Å². The van der Waals surface area contributed by atoms with Crippen molar-refractivity contribution in [2.45, 2.75) is 19.1 Å². The van der Waals surface area contributed by atoms with Gasteiger partial charge in [-0.05, 0) is 41.8 Å². The van der Waals surface area contributed by atoms with Crippen LogP contribution in [0.25, 0.3) is 0 Å². The number of alkyl halides is 3. The van der Waals surface area contributed by atoms with E-state index in [1.54, 1.807) is 32.3 Å². The monoisotopic (exact) mass is 550 g/mol. The van der Waals surface area contributed by atoms with Crippen LogP contribution >= 0.6 is 24.0 Å². The lowest BCUT2D eigenvalue weighted by Gasteiger charge is -2.13. The van der Waals surface area contributed by atoms with E-state index >= 15 is 0 Å². The van der Waals surface area contributed by atoms with E-state index in [2.05, 4.69) is 20.9 Å². The Hall–Kier alpha value is -2.50. The molecule has 6 nitrogen and oxygen atoms in total. The van der Waals surface area contributed by atoms with Gasteiger partial charge >= 0.3 is 6.18 Å². The van der Waals surface area contributed by atoms with Crippen molar-refractivity contribution >= 4 is 35.8 Å². The Morgan fingerprint density at radius 1 is 1.06 bits per heavy atom. The molecular weight excluding hydrogens is 524 g/mol. The molecule has 0 radical (unpaired) electrons. The van der Waals surface area contributed by atoms with Gasteiger partial charge in [0.05, 0.1) is 0 Å². The maximum absolute atomic E-state index is 12.2. The standard InChI is InChI=1S/C21H25F3N4O2.HI/c1-25-19(29)17-5-3-4-15(12-17)10-11-27-20(26-2)28-13-16-6-8-18(9-7-16)30-14-21(22,23)24;/h3-9,12H,10-11,13-14H2,1-2H3,(H,25,29)(H2,26,27,28);1H. The van der Waals surface area contributed by atoms with Crippen LogP contribution in [0, 0.1) is 0 Å². The summed E-state index contributed by atoms with van der Waals surface area (Å²) in [5, 5.41) is 8.93. The number of hydrogen-bond acceptors (Lipinski definition) is 3. The second-order valence-corrected chi connectivity index (χ2v) is 6.43. The van der Waals surface area contributed by atoms with Crippen LogP contribution in [-0.4, -0.2) is 45.3 Å². The molecular formula is C21H26F3IN4O2. The Kier molecular flexibility index (Phi) is 11.2. The van der Waals surface area contributed by atoms with Crippen molar-refractivity contribution in [3.8, 4) is 5.75 Å². The average Bonchev–Trinajstić information content (AvgIpc) is 2.74. The molecule has 0 heterocycles. The number of guanidine groups is 1. The van der Waals surface area contributed by atoms with Gasteiger partial charge in [-0.15, -0.1) is 24.0 Å². The van der Waals surface area contributed by atoms with Gasteiger partial charge in [0.15, 0.2) is 12.6 Å². The first-order valence-corrected chi connectivity index (χ1v) is 9.35. The van der Waals surface area contributed by atoms with Gasteiger partial charge in [0.25, 0.3) is 5.91 Å². The molecule has 2 aromatic rings. The van der Waals surface area contributed by atoms with Crippen molar-refractivity contribution in [2.24, 2.45) is 4.99 Å². The number of aliphatic imine (C=N–C) groups is 1. The fourth-order valence-electron chi connectivity index (χ4n) is 2.61. The number of carbonyl (C=O) groups is 1. The zero-order valence-corrected chi connectivity index (χ0v) is 19.6. The van der Waals surface area contributed by atoms with Crippen LogP contribution < -0.4 is 20.7 Å². The Labute approximate surface area is 196 Å². The zero-order valence-electron chi connectivity index (χ0n) is 17.3. The van der Waals surface area contributed by atoms with Crippen LogP contribution in [0.5, 0.6) is 5.75 Å². The van der Waals surface area contributed by atoms with Crippen molar-refractivity contribution in [1.82, 2.24) is 16.0 Å². The van der Waals surface area contributed by atoms with Crippen LogP contribution in [0.2, 0.25) is 0 Å². The third-order valence-electron chi connectivity index (χ3n) is 4.13. The summed E-state index contributed by atoms with van der Waals surface area (Å²) < 4.78 is 41.2. The van der Waals surface area contributed by atoms with Gasteiger partial charge in [0.1, 0.15) is 5.75 Å². The summed E-state index contributed by atoms with van der Waals surface area (Å²) in [7, 11) is 3.24. The minimum atomic E-state index is -4.36. The number of carbonyl (C=O) groups excluding carboxylic acids is 1. The lowest BCUT2D eigenvalue weighted by atomic mass is 10.1. The van der Waals surface area contributed by atoms with E-state index in [0.29, 0.717) is 31.0 Å². The zero-order chi connectivity index (χ0) is 22.0. The molecule has 0 atom stereocenters. The molecule has 0 unspecified atom stereocenters. The molecule has 2 rings (SSSR count). The normalized spacial score (nSPS) is 11.3. The predicted molar refractivity (Wildman–Crippen MR) is 125 cm³/mol. The minimum absolute atomic E-state index is 0. The molecule has 0 aliphatic heterocycles. The molecule has 0 fully saturated rings. The summed E-state index contributed by atoms with van der Waals surface area (Å²) in [6.07, 6.45) is -3.65. The summed E-state index contributed by atoms with van der Waals surface area (Å²) >= 11 is 0. The molecule has 31 heavy (non-hydrogen) atoms. The summed E-state index contributed by atoms with van der Waals surface area (Å²) in [5.74, 6) is 0.629. The lowest BCUT2D eigenvalue weighted by molar-refractivity contribution is -0.153. The number of ether oxygens (including phenoxy) is 1. The number of nitrogens with one attached hydrogen (secondary N) is 3. The number of benzene rings is 2. The SMILES string of the molecule is CN=C(NCCc1cccc(C(=O)NC)c1)NCc1ccc(OCC(F)(F)F)cc1.I. The first-order valence-electron chi connectivity index (χ1n) is 9.35. The van der Waals surface area contributed by atoms with Crippen LogP contribution in [-0.2, 0) is 13.0 Å². The Balaban J connectivity index is 0.00000480. The molecule has 0 bridgehead atoms. The quantitative estimate of drug-likeness (QED) is 0.267. The van der Waals surface area contributed by atoms with E-state index in [-0.39, 0.29) is 35.6 Å². The number of amides is 1. The van der Waals surface area contributed by atoms with Crippen molar-refractivity contribution < 1.29 is 22.7 Å². The lowest BCUT2D eigenvalue weighted by Crippen LogP contribution is -2.37. The summed E-state index contributed by atoms with van der Waals surface area (Å²) in [6, 6.07) is 13.8. The predicted octanol–water partition coefficient (Wildman–Crippen LogP) is 3.51. The largest absolute Gasteiger partial charge is 0.484 e. The maximum Gasteiger partial charge on any atom is 0.422 e. The van der Waals surface area contributed by atoms with Crippen LogP contribution in [0.4, 0.5) is 13.2 Å². The van der Waals surface area contributed by atoms with Gasteiger partial charge in [0, 0.05) is 32.7 Å². The minimum Gasteiger partial charge on any atom is -0.484 e. The summed E-state index contributed by atoms with van der Waals surface area (Å²) in [5.41, 5.74) is 2.50. The molecule has 170 valence electrons. The molecule has 3 N–H and O–H groups in total. The molecule has 0 saturated carbocycles. The molecule has 10 heteroatoms.